The van der Waals surface area contributed by atoms with Crippen molar-refractivity contribution in [2.45, 2.75) is 26.3 Å². The molecule has 31 heavy (non-hydrogen) atoms. The van der Waals surface area contributed by atoms with Gasteiger partial charge in [-0.05, 0) is 30.5 Å². The minimum absolute atomic E-state index is 0.132. The van der Waals surface area contributed by atoms with Gasteiger partial charge in [0.25, 0.3) is 5.91 Å². The Balaban J connectivity index is 1.61. The van der Waals surface area contributed by atoms with Crippen molar-refractivity contribution in [3.8, 4) is 0 Å². The van der Waals surface area contributed by atoms with Gasteiger partial charge < -0.3 is 10.1 Å². The van der Waals surface area contributed by atoms with Gasteiger partial charge in [-0.1, -0.05) is 79.7 Å². The lowest BCUT2D eigenvalue weighted by Crippen LogP contribution is -2.31. The highest BCUT2D eigenvalue weighted by molar-refractivity contribution is 6.14. The molecule has 0 saturated carbocycles. The minimum atomic E-state index is -0.713. The molecule has 3 rings (SSSR count). The summed E-state index contributed by atoms with van der Waals surface area (Å²) in [6.45, 7) is 3.53. The van der Waals surface area contributed by atoms with Gasteiger partial charge in [0.05, 0.1) is 11.6 Å². The molecule has 0 bridgehead atoms. The molecule has 0 fully saturated rings. The average Bonchev–Trinajstić information content (AvgIpc) is 2.82. The fourth-order valence-corrected chi connectivity index (χ4v) is 3.22. The van der Waals surface area contributed by atoms with Crippen LogP contribution in [0, 0.1) is 0 Å². The Hall–Kier alpha value is -3.73. The van der Waals surface area contributed by atoms with Crippen molar-refractivity contribution < 1.29 is 19.1 Å². The molecule has 0 aliphatic heterocycles. The zero-order chi connectivity index (χ0) is 22.2. The zero-order valence-electron chi connectivity index (χ0n) is 17.6. The number of ketones is 1. The first kappa shape index (κ1) is 22.0. The van der Waals surface area contributed by atoms with Gasteiger partial charge in [-0.15, -0.1) is 0 Å². The molecule has 0 heterocycles. The molecule has 0 spiro atoms. The van der Waals surface area contributed by atoms with E-state index in [-0.39, 0.29) is 23.0 Å². The molecular formula is C26H25NO4. The van der Waals surface area contributed by atoms with E-state index in [9.17, 15) is 14.4 Å². The number of ether oxygens (including phenoxy) is 1. The summed E-state index contributed by atoms with van der Waals surface area (Å²) in [4.78, 5) is 37.6. The average molecular weight is 415 g/mol. The number of nitrogens with one attached hydrogen (secondary N) is 1. The quantitative estimate of drug-likeness (QED) is 0.434. The molecule has 1 amide bonds. The first-order valence-corrected chi connectivity index (χ1v) is 10.2. The highest BCUT2D eigenvalue weighted by Gasteiger charge is 2.20. The predicted octanol–water partition coefficient (Wildman–Crippen LogP) is 4.51. The van der Waals surface area contributed by atoms with Gasteiger partial charge in [-0.3, -0.25) is 9.59 Å². The SMILES string of the molecule is CCc1ccc([C@H](C)NC(=O)COC(=O)c2ccccc2C(=O)c2ccccc2)cc1. The van der Waals surface area contributed by atoms with Crippen LogP contribution in [-0.2, 0) is 16.0 Å². The lowest BCUT2D eigenvalue weighted by Gasteiger charge is -2.15. The predicted molar refractivity (Wildman–Crippen MR) is 119 cm³/mol. The van der Waals surface area contributed by atoms with Crippen LogP contribution in [0.5, 0.6) is 0 Å². The Morgan fingerprint density at radius 2 is 1.45 bits per heavy atom. The number of hydrogen-bond donors (Lipinski definition) is 1. The van der Waals surface area contributed by atoms with E-state index in [4.69, 9.17) is 4.74 Å². The van der Waals surface area contributed by atoms with Crippen LogP contribution in [-0.4, -0.2) is 24.3 Å². The fourth-order valence-electron chi connectivity index (χ4n) is 3.22. The van der Waals surface area contributed by atoms with Crippen LogP contribution in [0.3, 0.4) is 0 Å². The van der Waals surface area contributed by atoms with Gasteiger partial charge >= 0.3 is 5.97 Å². The second-order valence-electron chi connectivity index (χ2n) is 7.20. The van der Waals surface area contributed by atoms with Crippen molar-refractivity contribution in [1.82, 2.24) is 5.32 Å². The normalized spacial score (nSPS) is 11.4. The van der Waals surface area contributed by atoms with Crippen molar-refractivity contribution in [3.05, 3.63) is 107 Å². The Kier molecular flexibility index (Phi) is 7.33. The van der Waals surface area contributed by atoms with Gasteiger partial charge in [0.1, 0.15) is 0 Å². The van der Waals surface area contributed by atoms with Gasteiger partial charge in [-0.2, -0.15) is 0 Å². The van der Waals surface area contributed by atoms with E-state index >= 15 is 0 Å². The Labute approximate surface area is 182 Å². The van der Waals surface area contributed by atoms with E-state index in [0.717, 1.165) is 12.0 Å². The number of hydrogen-bond acceptors (Lipinski definition) is 4. The van der Waals surface area contributed by atoms with E-state index in [1.165, 1.54) is 11.6 Å². The Bertz CT molecular complexity index is 1060. The third kappa shape index (κ3) is 5.66. The molecule has 0 radical (unpaired) electrons. The number of benzene rings is 3. The Morgan fingerprint density at radius 3 is 2.10 bits per heavy atom. The lowest BCUT2D eigenvalue weighted by molar-refractivity contribution is -0.124. The maximum Gasteiger partial charge on any atom is 0.339 e. The number of carbonyl (C=O) groups is 3. The van der Waals surface area contributed by atoms with Crippen LogP contribution in [0.1, 0.15) is 57.3 Å². The molecule has 0 saturated heterocycles. The third-order valence-corrected chi connectivity index (χ3v) is 5.03. The first-order valence-electron chi connectivity index (χ1n) is 10.2. The molecule has 5 heteroatoms. The van der Waals surface area contributed by atoms with Crippen LogP contribution < -0.4 is 5.32 Å². The highest BCUT2D eigenvalue weighted by Crippen LogP contribution is 2.16. The van der Waals surface area contributed by atoms with Gasteiger partial charge in [0.2, 0.25) is 0 Å². The monoisotopic (exact) mass is 415 g/mol. The lowest BCUT2D eigenvalue weighted by atomic mass is 9.98. The Morgan fingerprint density at radius 1 is 0.839 bits per heavy atom. The van der Waals surface area contributed by atoms with E-state index in [2.05, 4.69) is 12.2 Å². The van der Waals surface area contributed by atoms with Crippen molar-refractivity contribution in [3.63, 3.8) is 0 Å². The molecule has 0 aromatic heterocycles. The van der Waals surface area contributed by atoms with E-state index < -0.39 is 18.5 Å². The number of aryl methyl sites for hydroxylation is 1. The minimum Gasteiger partial charge on any atom is -0.452 e. The maximum atomic E-state index is 12.8. The second kappa shape index (κ2) is 10.3. The largest absolute Gasteiger partial charge is 0.452 e. The summed E-state index contributed by atoms with van der Waals surface area (Å²) < 4.78 is 5.19. The fraction of sp³-hybridized carbons (Fsp3) is 0.192. The standard InChI is InChI=1S/C26H25NO4/c1-3-19-13-15-20(16-14-19)18(2)27-24(28)17-31-26(30)23-12-8-7-11-22(23)25(29)21-9-5-4-6-10-21/h4-16,18H,3,17H2,1-2H3,(H,27,28)/t18-/m0/s1. The van der Waals surface area contributed by atoms with E-state index in [0.29, 0.717) is 5.56 Å². The molecule has 0 aliphatic rings. The van der Waals surface area contributed by atoms with E-state index in [1.807, 2.05) is 37.3 Å². The molecule has 1 N–H and O–H groups in total. The van der Waals surface area contributed by atoms with Crippen molar-refractivity contribution in [2.24, 2.45) is 0 Å². The maximum absolute atomic E-state index is 12.8. The summed E-state index contributed by atoms with van der Waals surface area (Å²) in [7, 11) is 0. The van der Waals surface area contributed by atoms with E-state index in [1.54, 1.807) is 42.5 Å². The molecular weight excluding hydrogens is 390 g/mol. The van der Waals surface area contributed by atoms with Crippen molar-refractivity contribution in [1.29, 1.82) is 0 Å². The molecule has 158 valence electrons. The van der Waals surface area contributed by atoms with Crippen LogP contribution in [0.2, 0.25) is 0 Å². The molecule has 0 unspecified atom stereocenters. The summed E-state index contributed by atoms with van der Waals surface area (Å²) in [6, 6.07) is 22.9. The molecule has 5 nitrogen and oxygen atoms in total. The summed E-state index contributed by atoms with van der Waals surface area (Å²) >= 11 is 0. The smallest absolute Gasteiger partial charge is 0.339 e. The van der Waals surface area contributed by atoms with Gasteiger partial charge in [0.15, 0.2) is 12.4 Å². The van der Waals surface area contributed by atoms with Gasteiger partial charge in [-0.25, -0.2) is 4.79 Å². The van der Waals surface area contributed by atoms with Crippen LogP contribution in [0.25, 0.3) is 0 Å². The summed E-state index contributed by atoms with van der Waals surface area (Å²) in [6.07, 6.45) is 0.950. The zero-order valence-corrected chi connectivity index (χ0v) is 17.6. The summed E-state index contributed by atoms with van der Waals surface area (Å²) in [5.74, 6) is -1.40. The topological polar surface area (TPSA) is 72.5 Å². The van der Waals surface area contributed by atoms with Crippen molar-refractivity contribution in [2.75, 3.05) is 6.61 Å². The molecule has 1 atom stereocenters. The van der Waals surface area contributed by atoms with Crippen LogP contribution in [0.4, 0.5) is 0 Å². The first-order chi connectivity index (χ1) is 15.0. The molecule has 0 aliphatic carbocycles. The number of amides is 1. The second-order valence-corrected chi connectivity index (χ2v) is 7.20. The summed E-state index contributed by atoms with van der Waals surface area (Å²) in [5, 5.41) is 2.82. The summed E-state index contributed by atoms with van der Waals surface area (Å²) in [5.41, 5.74) is 3.04. The van der Waals surface area contributed by atoms with Crippen LogP contribution >= 0.6 is 0 Å². The van der Waals surface area contributed by atoms with Crippen LogP contribution in [0.15, 0.2) is 78.9 Å². The van der Waals surface area contributed by atoms with Gasteiger partial charge in [0, 0.05) is 11.1 Å². The molecule has 3 aromatic rings. The highest BCUT2D eigenvalue weighted by atomic mass is 16.5. The molecule has 3 aromatic carbocycles. The third-order valence-electron chi connectivity index (χ3n) is 5.03. The number of rotatable bonds is 8. The number of esters is 1. The van der Waals surface area contributed by atoms with Crippen molar-refractivity contribution >= 4 is 17.7 Å². The number of carbonyl (C=O) groups excluding carboxylic acids is 3.